The number of hydrogen-bond donors (Lipinski definition) is 6. The highest BCUT2D eigenvalue weighted by Crippen LogP contribution is 2.18. The Kier molecular flexibility index (Phi) is 32.2. The molecule has 0 amide bonds. The van der Waals surface area contributed by atoms with Crippen LogP contribution in [0.1, 0.15) is 168 Å². The van der Waals surface area contributed by atoms with Crippen molar-refractivity contribution in [3.05, 3.63) is 0 Å². The van der Waals surface area contributed by atoms with Crippen molar-refractivity contribution in [1.29, 1.82) is 0 Å². The Morgan fingerprint density at radius 2 is 1.24 bits per heavy atom. The van der Waals surface area contributed by atoms with E-state index in [1.165, 1.54) is 0 Å². The molecule has 0 saturated carbocycles. The van der Waals surface area contributed by atoms with Crippen LogP contribution in [-0.2, 0) is 29.0 Å². The Morgan fingerprint density at radius 3 is 1.85 bits per heavy atom. The van der Waals surface area contributed by atoms with Gasteiger partial charge in [0.1, 0.15) is 0 Å². The Labute approximate surface area is 333 Å². The predicted octanol–water partition coefficient (Wildman–Crippen LogP) is 8.34. The Bertz CT molecular complexity index is 843. The minimum absolute atomic E-state index is 0.0204. The third kappa shape index (κ3) is 27.2. The number of nitrogens with one attached hydrogen (secondary N) is 6. The standard InChI is InChI=1S/C42H92N6O6/c1-16-21-34(10)30-51-45-38(28-43-49-26-23-33(9)18-3)40(47-50-25-20-22-31(5)6)41(48-54-42(14,15)24-17-2)39(46-53-37(13)35(11)19-4)29-44-52-36(12)27-32(7)8/h31-41,43-48H,16-30H2,1-15H3. The second kappa shape index (κ2) is 32.5. The fourth-order valence-corrected chi connectivity index (χ4v) is 6.09. The van der Waals surface area contributed by atoms with Crippen LogP contribution in [0.5, 0.6) is 0 Å². The molecular weight excluding hydrogens is 684 g/mol. The van der Waals surface area contributed by atoms with Crippen molar-refractivity contribution in [2.75, 3.05) is 32.9 Å². The number of rotatable bonds is 38. The van der Waals surface area contributed by atoms with E-state index in [0.717, 1.165) is 64.2 Å². The molecule has 0 aromatic carbocycles. The lowest BCUT2D eigenvalue weighted by Gasteiger charge is -2.40. The van der Waals surface area contributed by atoms with Crippen molar-refractivity contribution in [1.82, 2.24) is 32.9 Å². The summed E-state index contributed by atoms with van der Waals surface area (Å²) in [6, 6.07) is -1.47. The monoisotopic (exact) mass is 777 g/mol. The van der Waals surface area contributed by atoms with Crippen LogP contribution in [0.2, 0.25) is 0 Å². The van der Waals surface area contributed by atoms with Gasteiger partial charge in [0.2, 0.25) is 0 Å². The normalized spacial score (nSPS) is 17.7. The summed E-state index contributed by atoms with van der Waals surface area (Å²) in [4.78, 5) is 37.8. The second-order valence-electron chi connectivity index (χ2n) is 17.6. The fourth-order valence-electron chi connectivity index (χ4n) is 6.09. The van der Waals surface area contributed by atoms with Crippen molar-refractivity contribution in [3.63, 3.8) is 0 Å². The van der Waals surface area contributed by atoms with Crippen LogP contribution in [0, 0.1) is 29.6 Å². The zero-order chi connectivity index (χ0) is 40.9. The Balaban J connectivity index is 6.88. The molecule has 0 heterocycles. The first-order valence-corrected chi connectivity index (χ1v) is 21.9. The van der Waals surface area contributed by atoms with E-state index < -0.39 is 17.7 Å². The summed E-state index contributed by atoms with van der Waals surface area (Å²) in [6.07, 6.45) is 10.2. The van der Waals surface area contributed by atoms with Gasteiger partial charge >= 0.3 is 0 Å². The van der Waals surface area contributed by atoms with Crippen molar-refractivity contribution >= 4 is 0 Å². The van der Waals surface area contributed by atoms with E-state index in [4.69, 9.17) is 29.0 Å². The minimum atomic E-state index is -0.423. The van der Waals surface area contributed by atoms with E-state index in [9.17, 15) is 0 Å². The molecule has 12 nitrogen and oxygen atoms in total. The number of hydroxylamine groups is 6. The SMILES string of the molecule is CCCC(C)CONC(CNOCCC(C)CC)C(NOCCCC(C)C)C(NOC(C)(C)CCC)C(CNOC(C)CC(C)C)NOC(C)C(C)CC. The van der Waals surface area contributed by atoms with E-state index in [1.54, 1.807) is 0 Å². The van der Waals surface area contributed by atoms with Crippen molar-refractivity contribution in [3.8, 4) is 0 Å². The molecule has 54 heavy (non-hydrogen) atoms. The largest absolute Gasteiger partial charge is 0.302 e. The summed E-state index contributed by atoms with van der Waals surface area (Å²) < 4.78 is 0. The molecule has 9 atom stereocenters. The molecule has 0 aliphatic rings. The van der Waals surface area contributed by atoms with E-state index >= 15 is 0 Å². The molecular formula is C42H92N6O6. The van der Waals surface area contributed by atoms with Crippen molar-refractivity contribution in [2.45, 2.75) is 210 Å². The molecule has 0 aromatic heterocycles. The van der Waals surface area contributed by atoms with Gasteiger partial charge in [-0.05, 0) is 95.8 Å². The van der Waals surface area contributed by atoms with Crippen molar-refractivity contribution < 1.29 is 29.0 Å². The van der Waals surface area contributed by atoms with E-state index in [-0.39, 0.29) is 24.3 Å². The molecule has 6 N–H and O–H groups in total. The van der Waals surface area contributed by atoms with Gasteiger partial charge in [-0.25, -0.2) is 11.0 Å². The van der Waals surface area contributed by atoms with Gasteiger partial charge < -0.3 is 14.5 Å². The first-order valence-electron chi connectivity index (χ1n) is 21.9. The topological polar surface area (TPSA) is 128 Å². The van der Waals surface area contributed by atoms with Crippen LogP contribution in [0.4, 0.5) is 0 Å². The van der Waals surface area contributed by atoms with Crippen LogP contribution in [0.25, 0.3) is 0 Å². The molecule has 326 valence electrons. The highest BCUT2D eigenvalue weighted by atomic mass is 16.7. The van der Waals surface area contributed by atoms with Gasteiger partial charge in [0.15, 0.2) is 0 Å². The molecule has 0 aliphatic carbocycles. The summed E-state index contributed by atoms with van der Waals surface area (Å²) in [5.74, 6) is 2.49. The van der Waals surface area contributed by atoms with E-state index in [1.807, 2.05) is 0 Å². The summed E-state index contributed by atoms with van der Waals surface area (Å²) in [5.41, 5.74) is 20.0. The second-order valence-corrected chi connectivity index (χ2v) is 17.6. The zero-order valence-electron chi connectivity index (χ0n) is 37.9. The average molecular weight is 777 g/mol. The van der Waals surface area contributed by atoms with Gasteiger partial charge in [0.05, 0.1) is 61.8 Å². The minimum Gasteiger partial charge on any atom is -0.302 e. The van der Waals surface area contributed by atoms with E-state index in [2.05, 4.69) is 137 Å². The quantitative estimate of drug-likeness (QED) is 0.0267. The third-order valence-electron chi connectivity index (χ3n) is 10.3. The first kappa shape index (κ1) is 53.5. The van der Waals surface area contributed by atoms with Crippen LogP contribution in [0.15, 0.2) is 0 Å². The van der Waals surface area contributed by atoms with Gasteiger partial charge in [0.25, 0.3) is 0 Å². The first-order chi connectivity index (χ1) is 25.6. The Morgan fingerprint density at radius 1 is 0.574 bits per heavy atom. The fraction of sp³-hybridized carbons (Fsp3) is 1.00. The van der Waals surface area contributed by atoms with Crippen LogP contribution >= 0.6 is 0 Å². The molecule has 0 spiro atoms. The zero-order valence-corrected chi connectivity index (χ0v) is 37.9. The number of hydrogen-bond acceptors (Lipinski definition) is 12. The molecule has 9 unspecified atom stereocenters. The molecule has 0 saturated heterocycles. The molecule has 0 bridgehead atoms. The van der Waals surface area contributed by atoms with Crippen LogP contribution in [-0.4, -0.2) is 74.9 Å². The van der Waals surface area contributed by atoms with Gasteiger partial charge in [-0.15, -0.1) is 0 Å². The molecule has 0 aliphatic heterocycles. The summed E-state index contributed by atoms with van der Waals surface area (Å²) >= 11 is 0. The Hall–Kier alpha value is -0.480. The highest BCUT2D eigenvalue weighted by molar-refractivity contribution is 4.96. The predicted molar refractivity (Wildman–Crippen MR) is 224 cm³/mol. The lowest BCUT2D eigenvalue weighted by Crippen LogP contribution is -2.68. The maximum atomic E-state index is 6.59. The summed E-state index contributed by atoms with van der Waals surface area (Å²) in [5, 5.41) is 0. The highest BCUT2D eigenvalue weighted by Gasteiger charge is 2.38. The smallest absolute Gasteiger partial charge is 0.0841 e. The van der Waals surface area contributed by atoms with Crippen LogP contribution in [0.3, 0.4) is 0 Å². The maximum Gasteiger partial charge on any atom is 0.0841 e. The lowest BCUT2D eigenvalue weighted by atomic mass is 9.95. The van der Waals surface area contributed by atoms with Crippen molar-refractivity contribution in [2.24, 2.45) is 29.6 Å². The molecule has 12 heteroatoms. The van der Waals surface area contributed by atoms with E-state index in [0.29, 0.717) is 62.5 Å². The molecule has 0 fully saturated rings. The maximum absolute atomic E-state index is 6.59. The lowest BCUT2D eigenvalue weighted by molar-refractivity contribution is -0.149. The molecule has 0 aromatic rings. The van der Waals surface area contributed by atoms with Gasteiger partial charge in [-0.3, -0.25) is 14.5 Å². The third-order valence-corrected chi connectivity index (χ3v) is 10.3. The van der Waals surface area contributed by atoms with Gasteiger partial charge in [0, 0.05) is 13.1 Å². The summed E-state index contributed by atoms with van der Waals surface area (Å²) in [7, 11) is 0. The van der Waals surface area contributed by atoms with Crippen LogP contribution < -0.4 is 32.9 Å². The molecule has 0 rings (SSSR count). The van der Waals surface area contributed by atoms with Gasteiger partial charge in [-0.1, -0.05) is 102 Å². The molecule has 0 radical (unpaired) electrons. The van der Waals surface area contributed by atoms with Gasteiger partial charge in [-0.2, -0.15) is 21.9 Å². The average Bonchev–Trinajstić information content (AvgIpc) is 3.10. The summed E-state index contributed by atoms with van der Waals surface area (Å²) in [6.45, 7) is 35.5.